The molecule has 2 N–H and O–H groups in total. The summed E-state index contributed by atoms with van der Waals surface area (Å²) >= 11 is 0. The van der Waals surface area contributed by atoms with Crippen LogP contribution in [0.2, 0.25) is 0 Å². The fourth-order valence-electron chi connectivity index (χ4n) is 2.48. The van der Waals surface area contributed by atoms with Crippen molar-refractivity contribution in [2.75, 3.05) is 19.3 Å². The second-order valence-electron chi connectivity index (χ2n) is 5.59. The molecule has 1 aromatic rings. The van der Waals surface area contributed by atoms with Gasteiger partial charge in [-0.3, -0.25) is 4.79 Å². The molecule has 21 heavy (non-hydrogen) atoms. The monoisotopic (exact) mass is 310 g/mol. The standard InChI is InChI=1S/C15H22N2O3S/c1-21(19,20)14-4-2-13(3-5-14)11-17-15(18)10-12-6-8-16-9-7-12/h2-5,12,16H,6-11H2,1H3,(H,17,18). The molecule has 1 heterocycles. The van der Waals surface area contributed by atoms with Crippen molar-refractivity contribution >= 4 is 15.7 Å². The number of carbonyl (C=O) groups is 1. The van der Waals surface area contributed by atoms with Crippen molar-refractivity contribution in [1.29, 1.82) is 0 Å². The van der Waals surface area contributed by atoms with Gasteiger partial charge in [0.25, 0.3) is 0 Å². The Labute approximate surface area is 126 Å². The van der Waals surface area contributed by atoms with Gasteiger partial charge in [0.2, 0.25) is 5.91 Å². The van der Waals surface area contributed by atoms with Crippen molar-refractivity contribution in [2.45, 2.75) is 30.7 Å². The summed E-state index contributed by atoms with van der Waals surface area (Å²) in [7, 11) is -3.16. The summed E-state index contributed by atoms with van der Waals surface area (Å²) < 4.78 is 22.7. The predicted octanol–water partition coefficient (Wildman–Crippen LogP) is 1.10. The zero-order valence-corrected chi connectivity index (χ0v) is 13.1. The van der Waals surface area contributed by atoms with Crippen LogP contribution in [0.3, 0.4) is 0 Å². The highest BCUT2D eigenvalue weighted by atomic mass is 32.2. The molecular formula is C15H22N2O3S. The molecular weight excluding hydrogens is 288 g/mol. The molecule has 0 spiro atoms. The summed E-state index contributed by atoms with van der Waals surface area (Å²) in [6.45, 7) is 2.42. The predicted molar refractivity (Wildman–Crippen MR) is 81.6 cm³/mol. The van der Waals surface area contributed by atoms with E-state index in [-0.39, 0.29) is 5.91 Å². The molecule has 1 aliphatic rings. The number of hydrogen-bond donors (Lipinski definition) is 2. The Morgan fingerprint density at radius 2 is 1.86 bits per heavy atom. The molecule has 0 unspecified atom stereocenters. The Morgan fingerprint density at radius 1 is 1.24 bits per heavy atom. The smallest absolute Gasteiger partial charge is 0.220 e. The van der Waals surface area contributed by atoms with Crippen LogP contribution in [-0.2, 0) is 21.2 Å². The number of nitrogens with one attached hydrogen (secondary N) is 2. The van der Waals surface area contributed by atoms with Gasteiger partial charge in [-0.25, -0.2) is 8.42 Å². The second-order valence-corrected chi connectivity index (χ2v) is 7.61. The van der Waals surface area contributed by atoms with Crippen LogP contribution in [0.1, 0.15) is 24.8 Å². The fraction of sp³-hybridized carbons (Fsp3) is 0.533. The van der Waals surface area contributed by atoms with Crippen molar-refractivity contribution in [2.24, 2.45) is 5.92 Å². The van der Waals surface area contributed by atoms with Crippen molar-refractivity contribution in [3.8, 4) is 0 Å². The maximum Gasteiger partial charge on any atom is 0.220 e. The third-order valence-corrected chi connectivity index (χ3v) is 4.90. The van der Waals surface area contributed by atoms with E-state index in [1.54, 1.807) is 24.3 Å². The zero-order chi connectivity index (χ0) is 15.3. The third-order valence-electron chi connectivity index (χ3n) is 3.77. The van der Waals surface area contributed by atoms with Gasteiger partial charge in [-0.1, -0.05) is 12.1 Å². The van der Waals surface area contributed by atoms with E-state index in [4.69, 9.17) is 0 Å². The number of sulfone groups is 1. The second kappa shape index (κ2) is 7.04. The first-order chi connectivity index (χ1) is 9.95. The van der Waals surface area contributed by atoms with E-state index >= 15 is 0 Å². The first-order valence-electron chi connectivity index (χ1n) is 7.21. The molecule has 1 fully saturated rings. The summed E-state index contributed by atoms with van der Waals surface area (Å²) in [5, 5.41) is 6.18. The Hall–Kier alpha value is -1.40. The van der Waals surface area contributed by atoms with Crippen molar-refractivity contribution in [1.82, 2.24) is 10.6 Å². The van der Waals surface area contributed by atoms with E-state index in [2.05, 4.69) is 10.6 Å². The van der Waals surface area contributed by atoms with Crippen molar-refractivity contribution in [3.05, 3.63) is 29.8 Å². The Morgan fingerprint density at radius 3 is 2.43 bits per heavy atom. The lowest BCUT2D eigenvalue weighted by atomic mass is 9.94. The van der Waals surface area contributed by atoms with Gasteiger partial charge < -0.3 is 10.6 Å². The molecule has 1 aromatic carbocycles. The van der Waals surface area contributed by atoms with Crippen LogP contribution in [0.5, 0.6) is 0 Å². The molecule has 5 nitrogen and oxygen atoms in total. The largest absolute Gasteiger partial charge is 0.352 e. The van der Waals surface area contributed by atoms with Crippen molar-refractivity contribution < 1.29 is 13.2 Å². The van der Waals surface area contributed by atoms with Gasteiger partial charge in [0.05, 0.1) is 4.90 Å². The molecule has 0 aliphatic carbocycles. The molecule has 2 rings (SSSR count). The molecule has 0 radical (unpaired) electrons. The number of rotatable bonds is 5. The molecule has 6 heteroatoms. The molecule has 0 saturated carbocycles. The highest BCUT2D eigenvalue weighted by molar-refractivity contribution is 7.90. The van der Waals surface area contributed by atoms with Crippen LogP contribution in [0, 0.1) is 5.92 Å². The lowest BCUT2D eigenvalue weighted by Crippen LogP contribution is -2.32. The molecule has 1 saturated heterocycles. The summed E-state index contributed by atoms with van der Waals surface area (Å²) in [4.78, 5) is 12.2. The Bertz CT molecular complexity index is 575. The quantitative estimate of drug-likeness (QED) is 0.854. The van der Waals surface area contributed by atoms with E-state index < -0.39 is 9.84 Å². The van der Waals surface area contributed by atoms with E-state index in [1.807, 2.05) is 0 Å². The zero-order valence-electron chi connectivity index (χ0n) is 12.3. The number of piperidine rings is 1. The maximum absolute atomic E-state index is 11.9. The lowest BCUT2D eigenvalue weighted by Gasteiger charge is -2.21. The van der Waals surface area contributed by atoms with Gasteiger partial charge in [0.15, 0.2) is 9.84 Å². The minimum absolute atomic E-state index is 0.0640. The Kier molecular flexibility index (Phi) is 5.36. The topological polar surface area (TPSA) is 75.3 Å². The molecule has 0 atom stereocenters. The number of benzene rings is 1. The van der Waals surface area contributed by atoms with Crippen LogP contribution >= 0.6 is 0 Å². The van der Waals surface area contributed by atoms with Crippen LogP contribution in [0.15, 0.2) is 29.2 Å². The minimum atomic E-state index is -3.16. The number of hydrogen-bond acceptors (Lipinski definition) is 4. The van der Waals surface area contributed by atoms with Gasteiger partial charge in [0, 0.05) is 19.2 Å². The third kappa shape index (κ3) is 5.13. The molecule has 0 aromatic heterocycles. The van der Waals surface area contributed by atoms with Gasteiger partial charge >= 0.3 is 0 Å². The van der Waals surface area contributed by atoms with Gasteiger partial charge in [0.1, 0.15) is 0 Å². The SMILES string of the molecule is CS(=O)(=O)c1ccc(CNC(=O)CC2CCNCC2)cc1. The Balaban J connectivity index is 1.81. The number of amides is 1. The molecule has 116 valence electrons. The van der Waals surface area contributed by atoms with Crippen LogP contribution < -0.4 is 10.6 Å². The van der Waals surface area contributed by atoms with E-state index in [0.717, 1.165) is 31.5 Å². The highest BCUT2D eigenvalue weighted by Gasteiger charge is 2.16. The van der Waals surface area contributed by atoms with E-state index in [0.29, 0.717) is 23.8 Å². The van der Waals surface area contributed by atoms with Crippen molar-refractivity contribution in [3.63, 3.8) is 0 Å². The van der Waals surface area contributed by atoms with Crippen LogP contribution in [0.25, 0.3) is 0 Å². The lowest BCUT2D eigenvalue weighted by molar-refractivity contribution is -0.122. The fourth-order valence-corrected chi connectivity index (χ4v) is 3.11. The molecule has 1 amide bonds. The van der Waals surface area contributed by atoms with Crippen LogP contribution in [-0.4, -0.2) is 33.7 Å². The summed E-state index contributed by atoms with van der Waals surface area (Å²) in [5.74, 6) is 0.535. The summed E-state index contributed by atoms with van der Waals surface area (Å²) in [6.07, 6.45) is 3.86. The summed E-state index contributed by atoms with van der Waals surface area (Å²) in [6, 6.07) is 6.62. The maximum atomic E-state index is 11.9. The highest BCUT2D eigenvalue weighted by Crippen LogP contribution is 2.15. The number of carbonyl (C=O) groups excluding carboxylic acids is 1. The average Bonchev–Trinajstić information content (AvgIpc) is 2.46. The van der Waals surface area contributed by atoms with Gasteiger partial charge in [-0.15, -0.1) is 0 Å². The molecule has 1 aliphatic heterocycles. The normalized spacial score (nSPS) is 16.6. The van der Waals surface area contributed by atoms with Crippen LogP contribution in [0.4, 0.5) is 0 Å². The van der Waals surface area contributed by atoms with Gasteiger partial charge in [-0.2, -0.15) is 0 Å². The molecule has 0 bridgehead atoms. The average molecular weight is 310 g/mol. The summed E-state index contributed by atoms with van der Waals surface area (Å²) in [5.41, 5.74) is 0.904. The van der Waals surface area contributed by atoms with E-state index in [9.17, 15) is 13.2 Å². The van der Waals surface area contributed by atoms with E-state index in [1.165, 1.54) is 6.26 Å². The van der Waals surface area contributed by atoms with Gasteiger partial charge in [-0.05, 0) is 49.5 Å². The minimum Gasteiger partial charge on any atom is -0.352 e. The first kappa shape index (κ1) is 16.0. The first-order valence-corrected chi connectivity index (χ1v) is 9.11.